The van der Waals surface area contributed by atoms with Gasteiger partial charge in [-0.3, -0.25) is 0 Å². The van der Waals surface area contributed by atoms with Gasteiger partial charge < -0.3 is 5.32 Å². The molecule has 0 aliphatic rings. The van der Waals surface area contributed by atoms with Crippen LogP contribution in [0, 0.1) is 0 Å². The summed E-state index contributed by atoms with van der Waals surface area (Å²) in [6.07, 6.45) is 2.12. The molecule has 0 spiro atoms. The number of benzene rings is 3. The van der Waals surface area contributed by atoms with Crippen LogP contribution < -0.4 is 5.32 Å². The SMILES string of the molecule is CNc1ccc2ccc3ccc(SC)cc3c2c1. The Balaban J connectivity index is 2.40. The molecule has 3 rings (SSSR count). The maximum Gasteiger partial charge on any atom is 0.0344 e. The molecule has 1 nitrogen and oxygen atoms in total. The molecule has 3 aromatic rings. The molecule has 0 saturated heterocycles. The van der Waals surface area contributed by atoms with Crippen LogP contribution in [0.15, 0.2) is 53.4 Å². The first-order valence-electron chi connectivity index (χ1n) is 6.00. The second-order valence-electron chi connectivity index (χ2n) is 4.34. The summed E-state index contributed by atoms with van der Waals surface area (Å²) in [4.78, 5) is 1.31. The molecule has 0 bridgehead atoms. The third kappa shape index (κ3) is 1.83. The highest BCUT2D eigenvalue weighted by atomic mass is 32.2. The lowest BCUT2D eigenvalue weighted by molar-refractivity contribution is 1.51. The van der Waals surface area contributed by atoms with E-state index in [0.29, 0.717) is 0 Å². The summed E-state index contributed by atoms with van der Waals surface area (Å²) in [6.45, 7) is 0. The minimum atomic E-state index is 1.16. The molecule has 0 atom stereocenters. The van der Waals surface area contributed by atoms with Gasteiger partial charge >= 0.3 is 0 Å². The number of hydrogen-bond acceptors (Lipinski definition) is 2. The summed E-state index contributed by atoms with van der Waals surface area (Å²) >= 11 is 1.79. The minimum absolute atomic E-state index is 1.16. The molecular formula is C16H15NS. The van der Waals surface area contributed by atoms with Crippen LogP contribution in [0.3, 0.4) is 0 Å². The number of fused-ring (bicyclic) bond motifs is 3. The quantitative estimate of drug-likeness (QED) is 0.522. The van der Waals surface area contributed by atoms with Crippen molar-refractivity contribution >= 4 is 39.0 Å². The molecule has 2 heteroatoms. The van der Waals surface area contributed by atoms with E-state index in [1.54, 1.807) is 11.8 Å². The highest BCUT2D eigenvalue weighted by molar-refractivity contribution is 7.98. The topological polar surface area (TPSA) is 12.0 Å². The molecule has 0 unspecified atom stereocenters. The Morgan fingerprint density at radius 1 is 0.833 bits per heavy atom. The maximum atomic E-state index is 3.21. The predicted octanol–water partition coefficient (Wildman–Crippen LogP) is 4.76. The third-order valence-electron chi connectivity index (χ3n) is 3.34. The molecule has 0 amide bonds. The summed E-state index contributed by atoms with van der Waals surface area (Å²) in [5, 5.41) is 8.44. The number of rotatable bonds is 2. The van der Waals surface area contributed by atoms with E-state index in [4.69, 9.17) is 0 Å². The lowest BCUT2D eigenvalue weighted by Gasteiger charge is -2.08. The molecule has 0 radical (unpaired) electrons. The third-order valence-corrected chi connectivity index (χ3v) is 4.06. The van der Waals surface area contributed by atoms with Crippen LogP contribution >= 0.6 is 11.8 Å². The van der Waals surface area contributed by atoms with Gasteiger partial charge in [0.15, 0.2) is 0 Å². The van der Waals surface area contributed by atoms with E-state index in [-0.39, 0.29) is 0 Å². The largest absolute Gasteiger partial charge is 0.388 e. The fraction of sp³-hybridized carbons (Fsp3) is 0.125. The first kappa shape index (κ1) is 11.4. The Labute approximate surface area is 111 Å². The van der Waals surface area contributed by atoms with Gasteiger partial charge in [-0.15, -0.1) is 11.8 Å². The second-order valence-corrected chi connectivity index (χ2v) is 5.22. The number of anilines is 1. The summed E-state index contributed by atoms with van der Waals surface area (Å²) < 4.78 is 0. The molecule has 0 heterocycles. The molecule has 3 aromatic carbocycles. The Morgan fingerprint density at radius 2 is 1.44 bits per heavy atom. The summed E-state index contributed by atoms with van der Waals surface area (Å²) in [5.41, 5.74) is 1.16. The molecule has 1 N–H and O–H groups in total. The van der Waals surface area contributed by atoms with Gasteiger partial charge in [-0.05, 0) is 52.1 Å². The van der Waals surface area contributed by atoms with Crippen molar-refractivity contribution in [2.24, 2.45) is 0 Å². The molecule has 0 fully saturated rings. The summed E-state index contributed by atoms with van der Waals surface area (Å²) in [6, 6.07) is 17.6. The van der Waals surface area contributed by atoms with Gasteiger partial charge in [-0.25, -0.2) is 0 Å². The average molecular weight is 253 g/mol. The second kappa shape index (κ2) is 4.54. The lowest BCUT2D eigenvalue weighted by Crippen LogP contribution is -1.87. The molecule has 18 heavy (non-hydrogen) atoms. The van der Waals surface area contributed by atoms with E-state index in [1.807, 2.05) is 7.05 Å². The number of nitrogens with one attached hydrogen (secondary N) is 1. The van der Waals surface area contributed by atoms with Crippen LogP contribution in [0.25, 0.3) is 21.5 Å². The zero-order valence-electron chi connectivity index (χ0n) is 10.5. The fourth-order valence-electron chi connectivity index (χ4n) is 2.31. The first-order chi connectivity index (χ1) is 8.81. The maximum absolute atomic E-state index is 3.21. The van der Waals surface area contributed by atoms with Crippen molar-refractivity contribution in [1.82, 2.24) is 0 Å². The first-order valence-corrected chi connectivity index (χ1v) is 7.22. The van der Waals surface area contributed by atoms with Crippen LogP contribution in [0.1, 0.15) is 0 Å². The van der Waals surface area contributed by atoms with Crippen LogP contribution in [-0.2, 0) is 0 Å². The van der Waals surface area contributed by atoms with Gasteiger partial charge in [-0.1, -0.05) is 24.3 Å². The monoisotopic (exact) mass is 253 g/mol. The van der Waals surface area contributed by atoms with E-state index in [2.05, 4.69) is 60.1 Å². The zero-order chi connectivity index (χ0) is 12.5. The van der Waals surface area contributed by atoms with Gasteiger partial charge in [0, 0.05) is 17.6 Å². The molecular weight excluding hydrogens is 238 g/mol. The van der Waals surface area contributed by atoms with Gasteiger partial charge in [0.05, 0.1) is 0 Å². The van der Waals surface area contributed by atoms with Crippen LogP contribution in [-0.4, -0.2) is 13.3 Å². The Bertz CT molecular complexity index is 656. The molecule has 0 aliphatic carbocycles. The zero-order valence-corrected chi connectivity index (χ0v) is 11.3. The normalized spacial score (nSPS) is 11.0. The molecule has 0 aliphatic heterocycles. The van der Waals surface area contributed by atoms with Gasteiger partial charge in [0.1, 0.15) is 0 Å². The summed E-state index contributed by atoms with van der Waals surface area (Å²) in [5.74, 6) is 0. The molecule has 0 aromatic heterocycles. The van der Waals surface area contributed by atoms with Crippen molar-refractivity contribution in [1.29, 1.82) is 0 Å². The van der Waals surface area contributed by atoms with Crippen molar-refractivity contribution in [2.75, 3.05) is 18.6 Å². The van der Waals surface area contributed by atoms with Gasteiger partial charge in [0.25, 0.3) is 0 Å². The average Bonchev–Trinajstić information content (AvgIpc) is 2.45. The summed E-state index contributed by atoms with van der Waals surface area (Å²) in [7, 11) is 1.96. The minimum Gasteiger partial charge on any atom is -0.388 e. The van der Waals surface area contributed by atoms with E-state index in [9.17, 15) is 0 Å². The van der Waals surface area contributed by atoms with E-state index >= 15 is 0 Å². The number of thioether (sulfide) groups is 1. The van der Waals surface area contributed by atoms with Crippen LogP contribution in [0.5, 0.6) is 0 Å². The lowest BCUT2D eigenvalue weighted by atomic mass is 10.0. The van der Waals surface area contributed by atoms with Gasteiger partial charge in [0.2, 0.25) is 0 Å². The number of hydrogen-bond donors (Lipinski definition) is 1. The van der Waals surface area contributed by atoms with E-state index in [1.165, 1.54) is 26.4 Å². The van der Waals surface area contributed by atoms with Gasteiger partial charge in [-0.2, -0.15) is 0 Å². The molecule has 90 valence electrons. The fourth-order valence-corrected chi connectivity index (χ4v) is 2.75. The van der Waals surface area contributed by atoms with E-state index < -0.39 is 0 Å². The Morgan fingerprint density at radius 3 is 2.11 bits per heavy atom. The van der Waals surface area contributed by atoms with Crippen molar-refractivity contribution in [3.8, 4) is 0 Å². The van der Waals surface area contributed by atoms with Crippen LogP contribution in [0.2, 0.25) is 0 Å². The highest BCUT2D eigenvalue weighted by Gasteiger charge is 2.02. The van der Waals surface area contributed by atoms with Crippen molar-refractivity contribution in [3.63, 3.8) is 0 Å². The van der Waals surface area contributed by atoms with Crippen molar-refractivity contribution in [2.45, 2.75) is 4.90 Å². The predicted molar refractivity (Wildman–Crippen MR) is 82.8 cm³/mol. The Hall–Kier alpha value is -1.67. The smallest absolute Gasteiger partial charge is 0.0344 e. The van der Waals surface area contributed by atoms with Crippen molar-refractivity contribution < 1.29 is 0 Å². The standard InChI is InChI=1S/C16H15NS/c1-17-13-7-5-11-3-4-12-6-8-14(18-2)10-16(12)15(11)9-13/h3-10,17H,1-2H3. The molecule has 0 saturated carbocycles. The van der Waals surface area contributed by atoms with Crippen LogP contribution in [0.4, 0.5) is 5.69 Å². The van der Waals surface area contributed by atoms with E-state index in [0.717, 1.165) is 5.69 Å². The Kier molecular flexibility index (Phi) is 2.88. The highest BCUT2D eigenvalue weighted by Crippen LogP contribution is 2.30. The van der Waals surface area contributed by atoms with Crippen molar-refractivity contribution in [3.05, 3.63) is 48.5 Å².